The van der Waals surface area contributed by atoms with Crippen LogP contribution in [-0.4, -0.2) is 15.3 Å². The summed E-state index contributed by atoms with van der Waals surface area (Å²) < 4.78 is 0. The number of thiophene rings is 1. The third kappa shape index (κ3) is 5.58. The zero-order valence-corrected chi connectivity index (χ0v) is 18.7. The van der Waals surface area contributed by atoms with Gasteiger partial charge in [0, 0.05) is 4.88 Å². The molecule has 30 heavy (non-hydrogen) atoms. The van der Waals surface area contributed by atoms with Crippen LogP contribution in [0.5, 0.6) is 0 Å². The Morgan fingerprint density at radius 2 is 1.67 bits per heavy atom. The molecular weight excluding hydrogens is 392 g/mol. The molecule has 0 aliphatic carbocycles. The van der Waals surface area contributed by atoms with E-state index in [2.05, 4.69) is 43.5 Å². The Morgan fingerprint density at radius 1 is 0.900 bits per heavy atom. The van der Waals surface area contributed by atoms with Gasteiger partial charge in [-0.1, -0.05) is 56.2 Å². The zero-order valence-electron chi connectivity index (χ0n) is 17.9. The van der Waals surface area contributed by atoms with Gasteiger partial charge in [-0.3, -0.25) is 0 Å². The Morgan fingerprint density at radius 3 is 2.37 bits per heavy atom. The summed E-state index contributed by atoms with van der Waals surface area (Å²) in [5, 5.41) is 31.4. The molecule has 0 aliphatic rings. The fourth-order valence-electron chi connectivity index (χ4n) is 3.81. The molecule has 0 spiro atoms. The lowest BCUT2D eigenvalue weighted by Crippen LogP contribution is -1.98. The van der Waals surface area contributed by atoms with Gasteiger partial charge in [0.25, 0.3) is 0 Å². The molecular formula is C26H32O3S. The van der Waals surface area contributed by atoms with E-state index in [1.807, 2.05) is 18.2 Å². The molecule has 1 unspecified atom stereocenters. The molecule has 0 radical (unpaired) electrons. The summed E-state index contributed by atoms with van der Waals surface area (Å²) >= 11 is 1.76. The lowest BCUT2D eigenvalue weighted by atomic mass is 9.97. The third-order valence-electron chi connectivity index (χ3n) is 5.70. The van der Waals surface area contributed by atoms with Crippen molar-refractivity contribution in [1.29, 1.82) is 0 Å². The standard InChI is InChI=1S/C26H32O3S/c1-3-4-5-25(29)21-10-11-24(18(2)12-21)26-14-20(17-30-26)7-6-19-8-9-22(15-27)23(13-19)16-28/h8-14,17,25,27-29H,3-7,15-16H2,1-2H3. The number of benzene rings is 2. The molecule has 0 saturated carbocycles. The second kappa shape index (κ2) is 10.9. The van der Waals surface area contributed by atoms with E-state index in [0.717, 1.165) is 48.8 Å². The van der Waals surface area contributed by atoms with Crippen LogP contribution >= 0.6 is 11.3 Å². The van der Waals surface area contributed by atoms with Crippen molar-refractivity contribution in [1.82, 2.24) is 0 Å². The van der Waals surface area contributed by atoms with Gasteiger partial charge in [0.2, 0.25) is 0 Å². The molecule has 3 aromatic rings. The number of aliphatic hydroxyl groups is 3. The van der Waals surface area contributed by atoms with Crippen LogP contribution in [0.2, 0.25) is 0 Å². The SMILES string of the molecule is CCCCC(O)c1ccc(-c2cc(CCc3ccc(CO)c(CO)c3)cs2)c(C)c1. The van der Waals surface area contributed by atoms with E-state index in [0.29, 0.717) is 0 Å². The van der Waals surface area contributed by atoms with Gasteiger partial charge in [0.1, 0.15) is 0 Å². The molecule has 1 heterocycles. The van der Waals surface area contributed by atoms with E-state index in [-0.39, 0.29) is 19.3 Å². The molecule has 0 saturated heterocycles. The molecule has 4 heteroatoms. The first-order valence-corrected chi connectivity index (χ1v) is 11.6. The Bertz CT molecular complexity index is 961. The van der Waals surface area contributed by atoms with Crippen LogP contribution in [0, 0.1) is 6.92 Å². The quantitative estimate of drug-likeness (QED) is 0.390. The Balaban J connectivity index is 1.67. The van der Waals surface area contributed by atoms with E-state index in [9.17, 15) is 15.3 Å². The Hall–Kier alpha value is -1.98. The van der Waals surface area contributed by atoms with Crippen LogP contribution < -0.4 is 0 Å². The van der Waals surface area contributed by atoms with Crippen molar-refractivity contribution in [3.63, 3.8) is 0 Å². The highest BCUT2D eigenvalue weighted by Gasteiger charge is 2.11. The summed E-state index contributed by atoms with van der Waals surface area (Å²) in [4.78, 5) is 1.25. The number of aliphatic hydroxyl groups excluding tert-OH is 3. The van der Waals surface area contributed by atoms with Crippen molar-refractivity contribution >= 4 is 11.3 Å². The van der Waals surface area contributed by atoms with Gasteiger partial charge >= 0.3 is 0 Å². The van der Waals surface area contributed by atoms with E-state index in [1.165, 1.54) is 27.1 Å². The summed E-state index contributed by atoms with van der Waals surface area (Å²) in [7, 11) is 0. The smallest absolute Gasteiger partial charge is 0.0790 e. The number of hydrogen-bond acceptors (Lipinski definition) is 4. The van der Waals surface area contributed by atoms with Crippen LogP contribution in [0.15, 0.2) is 47.8 Å². The largest absolute Gasteiger partial charge is 0.392 e. The maximum absolute atomic E-state index is 10.4. The Kier molecular flexibility index (Phi) is 8.23. The van der Waals surface area contributed by atoms with Crippen molar-refractivity contribution in [3.8, 4) is 10.4 Å². The van der Waals surface area contributed by atoms with E-state index in [1.54, 1.807) is 11.3 Å². The van der Waals surface area contributed by atoms with Crippen LogP contribution in [0.1, 0.15) is 65.7 Å². The monoisotopic (exact) mass is 424 g/mol. The first kappa shape index (κ1) is 22.7. The van der Waals surface area contributed by atoms with Gasteiger partial charge in [-0.2, -0.15) is 0 Å². The minimum absolute atomic E-state index is 0.0438. The van der Waals surface area contributed by atoms with Crippen molar-refractivity contribution < 1.29 is 15.3 Å². The zero-order chi connectivity index (χ0) is 21.5. The highest BCUT2D eigenvalue weighted by molar-refractivity contribution is 7.13. The second-order valence-corrected chi connectivity index (χ2v) is 8.88. The summed E-state index contributed by atoms with van der Waals surface area (Å²) in [5.74, 6) is 0. The molecule has 2 aromatic carbocycles. The van der Waals surface area contributed by atoms with Crippen LogP contribution in [0.4, 0.5) is 0 Å². The van der Waals surface area contributed by atoms with Crippen LogP contribution in [0.3, 0.4) is 0 Å². The van der Waals surface area contributed by atoms with Gasteiger partial charge in [0.15, 0.2) is 0 Å². The maximum atomic E-state index is 10.4. The summed E-state index contributed by atoms with van der Waals surface area (Å²) in [6.45, 7) is 4.17. The lowest BCUT2D eigenvalue weighted by molar-refractivity contribution is 0.164. The molecule has 0 aliphatic heterocycles. The summed E-state index contributed by atoms with van der Waals surface area (Å²) in [5.41, 5.74) is 7.50. The van der Waals surface area contributed by atoms with E-state index in [4.69, 9.17) is 0 Å². The molecule has 3 N–H and O–H groups in total. The van der Waals surface area contributed by atoms with Gasteiger partial charge in [-0.25, -0.2) is 0 Å². The van der Waals surface area contributed by atoms with Crippen LogP contribution in [0.25, 0.3) is 10.4 Å². The van der Waals surface area contributed by atoms with Crippen molar-refractivity contribution in [2.75, 3.05) is 0 Å². The molecule has 1 atom stereocenters. The molecule has 160 valence electrons. The second-order valence-electron chi connectivity index (χ2n) is 7.97. The predicted molar refractivity (Wildman–Crippen MR) is 125 cm³/mol. The fourth-order valence-corrected chi connectivity index (χ4v) is 4.85. The average molecular weight is 425 g/mol. The van der Waals surface area contributed by atoms with E-state index < -0.39 is 0 Å². The molecule has 3 nitrogen and oxygen atoms in total. The summed E-state index contributed by atoms with van der Waals surface area (Å²) in [6.07, 6.45) is 4.41. The minimum Gasteiger partial charge on any atom is -0.392 e. The van der Waals surface area contributed by atoms with Gasteiger partial charge < -0.3 is 15.3 Å². The normalized spacial score (nSPS) is 12.3. The topological polar surface area (TPSA) is 60.7 Å². The highest BCUT2D eigenvalue weighted by Crippen LogP contribution is 2.32. The minimum atomic E-state index is -0.377. The first-order chi connectivity index (χ1) is 14.5. The van der Waals surface area contributed by atoms with Crippen LogP contribution in [-0.2, 0) is 26.1 Å². The van der Waals surface area contributed by atoms with Gasteiger partial charge in [-0.15, -0.1) is 11.3 Å². The van der Waals surface area contributed by atoms with Crippen molar-refractivity contribution in [3.05, 3.63) is 81.2 Å². The molecule has 0 amide bonds. The van der Waals surface area contributed by atoms with Crippen molar-refractivity contribution in [2.45, 2.75) is 65.3 Å². The number of rotatable bonds is 10. The van der Waals surface area contributed by atoms with Crippen molar-refractivity contribution in [2.24, 2.45) is 0 Å². The van der Waals surface area contributed by atoms with Gasteiger partial charge in [0.05, 0.1) is 19.3 Å². The molecule has 0 bridgehead atoms. The number of hydrogen-bond donors (Lipinski definition) is 3. The molecule has 3 rings (SSSR count). The maximum Gasteiger partial charge on any atom is 0.0790 e. The van der Waals surface area contributed by atoms with E-state index >= 15 is 0 Å². The highest BCUT2D eigenvalue weighted by atomic mass is 32.1. The Labute approximate surface area is 183 Å². The fraction of sp³-hybridized carbons (Fsp3) is 0.385. The summed E-state index contributed by atoms with van der Waals surface area (Å²) in [6, 6.07) is 14.5. The molecule has 0 fully saturated rings. The first-order valence-electron chi connectivity index (χ1n) is 10.7. The molecule has 1 aromatic heterocycles. The average Bonchev–Trinajstić information content (AvgIpc) is 3.24. The lowest BCUT2D eigenvalue weighted by Gasteiger charge is -2.13. The number of unbranched alkanes of at least 4 members (excludes halogenated alkanes) is 1. The number of aryl methyl sites for hydroxylation is 3. The predicted octanol–water partition coefficient (Wildman–Crippen LogP) is 5.72. The van der Waals surface area contributed by atoms with Gasteiger partial charge in [-0.05, 0) is 76.6 Å². The third-order valence-corrected chi connectivity index (χ3v) is 6.71.